The first-order chi connectivity index (χ1) is 9.11. The molecule has 0 aliphatic rings. The lowest BCUT2D eigenvalue weighted by molar-refractivity contribution is 0.579. The second kappa shape index (κ2) is 5.98. The molecular weight excluding hydrogens is 237 g/mol. The SMILES string of the molecule is CNC(Cc1cccc(F)c1)c1c(C)cccc1C. The van der Waals surface area contributed by atoms with E-state index in [1.807, 2.05) is 13.1 Å². The number of nitrogens with one attached hydrogen (secondary N) is 1. The molecule has 1 nitrogen and oxygen atoms in total. The van der Waals surface area contributed by atoms with Gasteiger partial charge in [0.15, 0.2) is 0 Å². The molecule has 19 heavy (non-hydrogen) atoms. The average molecular weight is 257 g/mol. The van der Waals surface area contributed by atoms with Gasteiger partial charge in [-0.05, 0) is 61.7 Å². The molecule has 1 atom stereocenters. The predicted molar refractivity (Wildman–Crippen MR) is 77.8 cm³/mol. The Balaban J connectivity index is 2.30. The van der Waals surface area contributed by atoms with Crippen LogP contribution in [0.15, 0.2) is 42.5 Å². The third-order valence-corrected chi connectivity index (χ3v) is 3.57. The molecule has 0 fully saturated rings. The Bertz CT molecular complexity index is 543. The summed E-state index contributed by atoms with van der Waals surface area (Å²) >= 11 is 0. The van der Waals surface area contributed by atoms with Gasteiger partial charge in [0.25, 0.3) is 0 Å². The number of halogens is 1. The third-order valence-electron chi connectivity index (χ3n) is 3.57. The van der Waals surface area contributed by atoms with Gasteiger partial charge in [-0.1, -0.05) is 30.3 Å². The lowest BCUT2D eigenvalue weighted by Crippen LogP contribution is -2.21. The van der Waals surface area contributed by atoms with Crippen molar-refractivity contribution in [2.45, 2.75) is 26.3 Å². The van der Waals surface area contributed by atoms with E-state index in [1.165, 1.54) is 22.8 Å². The maximum absolute atomic E-state index is 13.3. The number of aryl methyl sites for hydroxylation is 2. The molecule has 2 heteroatoms. The van der Waals surface area contributed by atoms with Crippen LogP contribution < -0.4 is 5.32 Å². The van der Waals surface area contributed by atoms with Crippen molar-refractivity contribution in [3.05, 3.63) is 70.5 Å². The van der Waals surface area contributed by atoms with Crippen LogP contribution in [0.3, 0.4) is 0 Å². The first kappa shape index (κ1) is 13.8. The number of hydrogen-bond acceptors (Lipinski definition) is 1. The maximum atomic E-state index is 13.3. The van der Waals surface area contributed by atoms with Gasteiger partial charge in [0.1, 0.15) is 5.82 Å². The molecule has 0 saturated heterocycles. The minimum Gasteiger partial charge on any atom is -0.313 e. The molecule has 2 aromatic carbocycles. The van der Waals surface area contributed by atoms with Gasteiger partial charge < -0.3 is 5.32 Å². The minimum atomic E-state index is -0.172. The Morgan fingerprint density at radius 2 is 1.68 bits per heavy atom. The molecule has 1 unspecified atom stereocenters. The monoisotopic (exact) mass is 257 g/mol. The first-order valence-electron chi connectivity index (χ1n) is 6.59. The van der Waals surface area contributed by atoms with E-state index in [0.717, 1.165) is 12.0 Å². The van der Waals surface area contributed by atoms with Gasteiger partial charge >= 0.3 is 0 Å². The second-order valence-electron chi connectivity index (χ2n) is 4.98. The Morgan fingerprint density at radius 3 is 2.26 bits per heavy atom. The largest absolute Gasteiger partial charge is 0.313 e. The van der Waals surface area contributed by atoms with Crippen molar-refractivity contribution in [1.29, 1.82) is 0 Å². The zero-order valence-corrected chi connectivity index (χ0v) is 11.7. The number of hydrogen-bond donors (Lipinski definition) is 1. The van der Waals surface area contributed by atoms with E-state index >= 15 is 0 Å². The van der Waals surface area contributed by atoms with Crippen molar-refractivity contribution < 1.29 is 4.39 Å². The van der Waals surface area contributed by atoms with Crippen LogP contribution in [0.5, 0.6) is 0 Å². The molecule has 0 aliphatic heterocycles. The molecule has 0 heterocycles. The Labute approximate surface area is 114 Å². The maximum Gasteiger partial charge on any atom is 0.123 e. The van der Waals surface area contributed by atoms with Crippen molar-refractivity contribution in [2.75, 3.05) is 7.05 Å². The van der Waals surface area contributed by atoms with Crippen LogP contribution in [0, 0.1) is 19.7 Å². The quantitative estimate of drug-likeness (QED) is 0.874. The van der Waals surface area contributed by atoms with Gasteiger partial charge in [-0.2, -0.15) is 0 Å². The molecule has 100 valence electrons. The fourth-order valence-electron chi connectivity index (χ4n) is 2.63. The molecular formula is C17H20FN. The molecule has 2 aromatic rings. The molecule has 0 aromatic heterocycles. The number of benzene rings is 2. The van der Waals surface area contributed by atoms with E-state index in [-0.39, 0.29) is 11.9 Å². The van der Waals surface area contributed by atoms with Crippen LogP contribution >= 0.6 is 0 Å². The zero-order chi connectivity index (χ0) is 13.8. The van der Waals surface area contributed by atoms with Gasteiger partial charge in [-0.3, -0.25) is 0 Å². The molecule has 2 rings (SSSR count). The summed E-state index contributed by atoms with van der Waals surface area (Å²) in [5, 5.41) is 3.35. The van der Waals surface area contributed by atoms with Gasteiger partial charge in [-0.25, -0.2) is 4.39 Å². The summed E-state index contributed by atoms with van der Waals surface area (Å²) in [5.74, 6) is -0.172. The van der Waals surface area contributed by atoms with Crippen LogP contribution in [0.4, 0.5) is 4.39 Å². The van der Waals surface area contributed by atoms with Crippen molar-refractivity contribution in [1.82, 2.24) is 5.32 Å². The molecule has 0 radical (unpaired) electrons. The predicted octanol–water partition coefficient (Wildman–Crippen LogP) is 3.95. The van der Waals surface area contributed by atoms with E-state index in [9.17, 15) is 4.39 Å². The molecule has 1 N–H and O–H groups in total. The lowest BCUT2D eigenvalue weighted by atomic mass is 9.92. The van der Waals surface area contributed by atoms with E-state index in [0.29, 0.717) is 0 Å². The lowest BCUT2D eigenvalue weighted by Gasteiger charge is -2.21. The third kappa shape index (κ3) is 3.21. The number of rotatable bonds is 4. The van der Waals surface area contributed by atoms with E-state index in [2.05, 4.69) is 37.4 Å². The van der Waals surface area contributed by atoms with Gasteiger partial charge in [-0.15, -0.1) is 0 Å². The summed E-state index contributed by atoms with van der Waals surface area (Å²) in [7, 11) is 1.95. The Kier molecular flexibility index (Phi) is 4.33. The standard InChI is InChI=1S/C17H20FN/c1-12-6-4-7-13(2)17(12)16(19-3)11-14-8-5-9-15(18)10-14/h4-10,16,19H,11H2,1-3H3. The van der Waals surface area contributed by atoms with Crippen molar-refractivity contribution in [3.63, 3.8) is 0 Å². The molecule has 0 bridgehead atoms. The summed E-state index contributed by atoms with van der Waals surface area (Å²) in [6.45, 7) is 4.25. The van der Waals surface area contributed by atoms with Crippen molar-refractivity contribution in [3.8, 4) is 0 Å². The molecule has 0 spiro atoms. The van der Waals surface area contributed by atoms with E-state index in [1.54, 1.807) is 12.1 Å². The summed E-state index contributed by atoms with van der Waals surface area (Å²) in [4.78, 5) is 0. The van der Waals surface area contributed by atoms with Crippen LogP contribution in [0.1, 0.15) is 28.3 Å². The smallest absolute Gasteiger partial charge is 0.123 e. The van der Waals surface area contributed by atoms with Crippen LogP contribution in [-0.2, 0) is 6.42 Å². The van der Waals surface area contributed by atoms with Crippen molar-refractivity contribution in [2.24, 2.45) is 0 Å². The van der Waals surface area contributed by atoms with Crippen molar-refractivity contribution >= 4 is 0 Å². The highest BCUT2D eigenvalue weighted by molar-refractivity contribution is 5.37. The van der Waals surface area contributed by atoms with Gasteiger partial charge in [0, 0.05) is 6.04 Å². The fraction of sp³-hybridized carbons (Fsp3) is 0.294. The summed E-state index contributed by atoms with van der Waals surface area (Å²) in [5.41, 5.74) is 4.88. The Hall–Kier alpha value is -1.67. The van der Waals surface area contributed by atoms with E-state index < -0.39 is 0 Å². The Morgan fingerprint density at radius 1 is 1.05 bits per heavy atom. The summed E-state index contributed by atoms with van der Waals surface area (Å²) in [6, 6.07) is 13.4. The fourth-order valence-corrected chi connectivity index (χ4v) is 2.63. The second-order valence-corrected chi connectivity index (χ2v) is 4.98. The zero-order valence-electron chi connectivity index (χ0n) is 11.7. The topological polar surface area (TPSA) is 12.0 Å². The highest BCUT2D eigenvalue weighted by Crippen LogP contribution is 2.25. The first-order valence-corrected chi connectivity index (χ1v) is 6.59. The normalized spacial score (nSPS) is 12.4. The summed E-state index contributed by atoms with van der Waals surface area (Å²) in [6.07, 6.45) is 0.792. The van der Waals surface area contributed by atoms with Crippen LogP contribution in [0.2, 0.25) is 0 Å². The molecule has 0 amide bonds. The van der Waals surface area contributed by atoms with Gasteiger partial charge in [0.2, 0.25) is 0 Å². The highest BCUT2D eigenvalue weighted by Gasteiger charge is 2.14. The summed E-state index contributed by atoms with van der Waals surface area (Å²) < 4.78 is 13.3. The van der Waals surface area contributed by atoms with Gasteiger partial charge in [0.05, 0.1) is 0 Å². The minimum absolute atomic E-state index is 0.172. The van der Waals surface area contributed by atoms with E-state index in [4.69, 9.17) is 0 Å². The number of likely N-dealkylation sites (N-methyl/N-ethyl adjacent to an activating group) is 1. The highest BCUT2D eigenvalue weighted by atomic mass is 19.1. The van der Waals surface area contributed by atoms with Crippen LogP contribution in [-0.4, -0.2) is 7.05 Å². The molecule has 0 saturated carbocycles. The molecule has 0 aliphatic carbocycles. The average Bonchev–Trinajstić information content (AvgIpc) is 2.37. The van der Waals surface area contributed by atoms with Crippen LogP contribution in [0.25, 0.3) is 0 Å².